The average Bonchev–Trinajstić information content (AvgIpc) is 2.59. The number of halogens is 1. The van der Waals surface area contributed by atoms with Crippen molar-refractivity contribution in [2.75, 3.05) is 0 Å². The first-order valence-electron chi connectivity index (χ1n) is 8.72. The topological polar surface area (TPSA) is 9.23 Å². The Balaban J connectivity index is 1.86. The molecule has 0 fully saturated rings. The predicted molar refractivity (Wildman–Crippen MR) is 93.3 cm³/mol. The van der Waals surface area contributed by atoms with Gasteiger partial charge in [0.2, 0.25) is 0 Å². The Morgan fingerprint density at radius 2 is 2.00 bits per heavy atom. The maximum atomic E-state index is 14.0. The lowest BCUT2D eigenvalue weighted by atomic mass is 9.92. The van der Waals surface area contributed by atoms with Crippen LogP contribution in [0.15, 0.2) is 42.5 Å². The quantitative estimate of drug-likeness (QED) is 0.656. The van der Waals surface area contributed by atoms with Crippen molar-refractivity contribution in [1.82, 2.24) is 0 Å². The van der Waals surface area contributed by atoms with Gasteiger partial charge in [-0.25, -0.2) is 4.39 Å². The molecule has 2 heteroatoms. The van der Waals surface area contributed by atoms with E-state index in [1.54, 1.807) is 12.1 Å². The van der Waals surface area contributed by atoms with Crippen molar-refractivity contribution >= 4 is 0 Å². The van der Waals surface area contributed by atoms with Crippen LogP contribution in [0.4, 0.5) is 4.39 Å². The SMILES string of the molecule is CC[C@H](C)CC[C@H]1CCc2cc(F)cc(-c3ccccc3)c2O1. The van der Waals surface area contributed by atoms with E-state index in [1.807, 2.05) is 30.3 Å². The minimum atomic E-state index is -0.177. The van der Waals surface area contributed by atoms with Crippen LogP contribution >= 0.6 is 0 Å². The summed E-state index contributed by atoms with van der Waals surface area (Å²) in [7, 11) is 0. The summed E-state index contributed by atoms with van der Waals surface area (Å²) in [6, 6.07) is 13.2. The van der Waals surface area contributed by atoms with Gasteiger partial charge in [0, 0.05) is 5.56 Å². The number of benzene rings is 2. The van der Waals surface area contributed by atoms with Crippen molar-refractivity contribution in [1.29, 1.82) is 0 Å². The monoisotopic (exact) mass is 312 g/mol. The summed E-state index contributed by atoms with van der Waals surface area (Å²) in [6.07, 6.45) is 5.63. The van der Waals surface area contributed by atoms with E-state index >= 15 is 0 Å². The van der Waals surface area contributed by atoms with E-state index in [9.17, 15) is 4.39 Å². The fourth-order valence-corrected chi connectivity index (χ4v) is 3.23. The van der Waals surface area contributed by atoms with E-state index in [-0.39, 0.29) is 11.9 Å². The minimum absolute atomic E-state index is 0.177. The molecule has 0 unspecified atom stereocenters. The van der Waals surface area contributed by atoms with Crippen LogP contribution in [-0.4, -0.2) is 6.10 Å². The van der Waals surface area contributed by atoms with Gasteiger partial charge in [0.1, 0.15) is 11.6 Å². The minimum Gasteiger partial charge on any atom is -0.489 e. The molecule has 1 aliphatic rings. The summed E-state index contributed by atoms with van der Waals surface area (Å²) < 4.78 is 20.3. The van der Waals surface area contributed by atoms with Gasteiger partial charge >= 0.3 is 0 Å². The normalized spacial score (nSPS) is 18.1. The Morgan fingerprint density at radius 3 is 2.74 bits per heavy atom. The molecular weight excluding hydrogens is 287 g/mol. The second-order valence-electron chi connectivity index (χ2n) is 6.68. The van der Waals surface area contributed by atoms with Crippen molar-refractivity contribution in [2.45, 2.75) is 52.1 Å². The Bertz CT molecular complexity index is 650. The van der Waals surface area contributed by atoms with Gasteiger partial charge < -0.3 is 4.74 Å². The van der Waals surface area contributed by atoms with Gasteiger partial charge in [-0.05, 0) is 54.9 Å². The van der Waals surface area contributed by atoms with Gasteiger partial charge in [0.25, 0.3) is 0 Å². The molecule has 0 aliphatic carbocycles. The number of aryl methyl sites for hydroxylation is 1. The van der Waals surface area contributed by atoms with Gasteiger partial charge in [-0.15, -0.1) is 0 Å². The molecule has 0 radical (unpaired) electrons. The molecule has 2 aromatic rings. The van der Waals surface area contributed by atoms with E-state index in [1.165, 1.54) is 12.8 Å². The van der Waals surface area contributed by atoms with Crippen LogP contribution in [-0.2, 0) is 6.42 Å². The van der Waals surface area contributed by atoms with Crippen LogP contribution in [0.1, 0.15) is 45.1 Å². The van der Waals surface area contributed by atoms with Crippen molar-refractivity contribution in [3.63, 3.8) is 0 Å². The number of hydrogen-bond acceptors (Lipinski definition) is 1. The first-order chi connectivity index (χ1) is 11.2. The number of ether oxygens (including phenoxy) is 1. The molecule has 0 saturated heterocycles. The van der Waals surface area contributed by atoms with Gasteiger partial charge in [-0.3, -0.25) is 0 Å². The van der Waals surface area contributed by atoms with Gasteiger partial charge in [-0.2, -0.15) is 0 Å². The summed E-state index contributed by atoms with van der Waals surface area (Å²) >= 11 is 0. The molecule has 0 bridgehead atoms. The molecule has 3 rings (SSSR count). The van der Waals surface area contributed by atoms with E-state index in [4.69, 9.17) is 4.74 Å². The molecule has 0 N–H and O–H groups in total. The third-order valence-corrected chi connectivity index (χ3v) is 4.91. The fraction of sp³-hybridized carbons (Fsp3) is 0.429. The summed E-state index contributed by atoms with van der Waals surface area (Å²) in [5.74, 6) is 1.45. The van der Waals surface area contributed by atoms with Crippen LogP contribution < -0.4 is 4.74 Å². The zero-order valence-electron chi connectivity index (χ0n) is 14.0. The Kier molecular flexibility index (Phi) is 5.00. The maximum Gasteiger partial charge on any atom is 0.130 e. The number of hydrogen-bond donors (Lipinski definition) is 0. The molecule has 1 heterocycles. The molecule has 0 amide bonds. The molecule has 2 aromatic carbocycles. The molecular formula is C21H25FO. The molecule has 2 atom stereocenters. The van der Waals surface area contributed by atoms with Crippen molar-refractivity contribution in [2.24, 2.45) is 5.92 Å². The Morgan fingerprint density at radius 1 is 1.22 bits per heavy atom. The molecule has 0 spiro atoms. The van der Waals surface area contributed by atoms with Crippen molar-refractivity contribution in [3.8, 4) is 16.9 Å². The van der Waals surface area contributed by atoms with Crippen molar-refractivity contribution in [3.05, 3.63) is 53.8 Å². The van der Waals surface area contributed by atoms with Gasteiger partial charge in [0.05, 0.1) is 6.10 Å². The summed E-state index contributed by atoms with van der Waals surface area (Å²) in [4.78, 5) is 0. The summed E-state index contributed by atoms with van der Waals surface area (Å²) in [6.45, 7) is 4.53. The summed E-state index contributed by atoms with van der Waals surface area (Å²) in [5.41, 5.74) is 2.91. The molecule has 1 nitrogen and oxygen atoms in total. The highest BCUT2D eigenvalue weighted by Gasteiger charge is 2.24. The lowest BCUT2D eigenvalue weighted by molar-refractivity contribution is 0.155. The van der Waals surface area contributed by atoms with Gasteiger partial charge in [-0.1, -0.05) is 50.6 Å². The van der Waals surface area contributed by atoms with Crippen LogP contribution in [0, 0.1) is 11.7 Å². The predicted octanol–water partition coefficient (Wildman–Crippen LogP) is 6.01. The second kappa shape index (κ2) is 7.16. The lowest BCUT2D eigenvalue weighted by Gasteiger charge is -2.29. The maximum absolute atomic E-state index is 14.0. The van der Waals surface area contributed by atoms with E-state index in [0.717, 1.165) is 47.6 Å². The smallest absolute Gasteiger partial charge is 0.130 e. The summed E-state index contributed by atoms with van der Waals surface area (Å²) in [5, 5.41) is 0. The number of rotatable bonds is 5. The van der Waals surface area contributed by atoms with Gasteiger partial charge in [0.15, 0.2) is 0 Å². The second-order valence-corrected chi connectivity index (χ2v) is 6.68. The molecule has 122 valence electrons. The fourth-order valence-electron chi connectivity index (χ4n) is 3.23. The number of fused-ring (bicyclic) bond motifs is 1. The largest absolute Gasteiger partial charge is 0.489 e. The molecule has 1 aliphatic heterocycles. The average molecular weight is 312 g/mol. The zero-order chi connectivity index (χ0) is 16.2. The zero-order valence-corrected chi connectivity index (χ0v) is 14.0. The van der Waals surface area contributed by atoms with Crippen LogP contribution in [0.25, 0.3) is 11.1 Å². The highest BCUT2D eigenvalue weighted by molar-refractivity contribution is 5.72. The highest BCUT2D eigenvalue weighted by Crippen LogP contribution is 2.39. The molecule has 23 heavy (non-hydrogen) atoms. The molecule has 0 aromatic heterocycles. The first kappa shape index (κ1) is 16.0. The van der Waals surface area contributed by atoms with Crippen LogP contribution in [0.2, 0.25) is 0 Å². The lowest BCUT2D eigenvalue weighted by Crippen LogP contribution is -2.24. The van der Waals surface area contributed by atoms with Crippen LogP contribution in [0.3, 0.4) is 0 Å². The standard InChI is InChI=1S/C21H25FO/c1-3-15(2)9-11-19-12-10-17-13-18(22)14-20(21(17)23-19)16-7-5-4-6-8-16/h4-8,13-15,19H,3,9-12H2,1-2H3/t15-,19-/m0/s1. The Labute approximate surface area is 138 Å². The van der Waals surface area contributed by atoms with E-state index in [2.05, 4.69) is 13.8 Å². The third-order valence-electron chi connectivity index (χ3n) is 4.91. The molecule has 0 saturated carbocycles. The van der Waals surface area contributed by atoms with Crippen LogP contribution in [0.5, 0.6) is 5.75 Å². The van der Waals surface area contributed by atoms with E-state index < -0.39 is 0 Å². The third kappa shape index (κ3) is 3.74. The first-order valence-corrected chi connectivity index (χ1v) is 8.72. The van der Waals surface area contributed by atoms with Crippen molar-refractivity contribution < 1.29 is 9.13 Å². The Hall–Kier alpha value is -1.83. The van der Waals surface area contributed by atoms with E-state index in [0.29, 0.717) is 0 Å². The highest BCUT2D eigenvalue weighted by atomic mass is 19.1.